The van der Waals surface area contributed by atoms with E-state index in [1.165, 1.54) is 11.3 Å². The van der Waals surface area contributed by atoms with E-state index in [1.807, 2.05) is 22.4 Å². The lowest BCUT2D eigenvalue weighted by Gasteiger charge is -2.35. The van der Waals surface area contributed by atoms with Crippen molar-refractivity contribution < 1.29 is 13.2 Å². The van der Waals surface area contributed by atoms with Crippen molar-refractivity contribution in [2.45, 2.75) is 6.04 Å². The molecule has 1 fully saturated rings. The molecule has 1 N–H and O–H groups in total. The molecule has 21 heavy (non-hydrogen) atoms. The summed E-state index contributed by atoms with van der Waals surface area (Å²) in [6.45, 7) is 2.83. The molecule has 112 valence electrons. The molecule has 0 saturated carbocycles. The minimum absolute atomic E-state index is 0.195. The summed E-state index contributed by atoms with van der Waals surface area (Å²) in [6.07, 6.45) is 0. The van der Waals surface area contributed by atoms with Crippen LogP contribution in [0.3, 0.4) is 0 Å². The first kappa shape index (κ1) is 14.6. The predicted octanol–water partition coefficient (Wildman–Crippen LogP) is 3.16. The van der Waals surface area contributed by atoms with Crippen molar-refractivity contribution in [1.82, 2.24) is 10.2 Å². The van der Waals surface area contributed by atoms with E-state index >= 15 is 0 Å². The Labute approximate surface area is 125 Å². The van der Waals surface area contributed by atoms with Gasteiger partial charge >= 0.3 is 0 Å². The van der Waals surface area contributed by atoms with Gasteiger partial charge in [-0.1, -0.05) is 6.07 Å². The molecule has 2 nitrogen and oxygen atoms in total. The fourth-order valence-corrected chi connectivity index (χ4v) is 3.55. The normalized spacial score (nSPS) is 17.9. The van der Waals surface area contributed by atoms with Gasteiger partial charge < -0.3 is 5.32 Å². The quantitative estimate of drug-likeness (QED) is 0.876. The Balaban J connectivity index is 2.09. The minimum Gasteiger partial charge on any atom is -0.314 e. The summed E-state index contributed by atoms with van der Waals surface area (Å²) in [4.78, 5) is 2.81. The highest BCUT2D eigenvalue weighted by molar-refractivity contribution is 7.10. The van der Waals surface area contributed by atoms with Gasteiger partial charge in [0.05, 0.1) is 6.04 Å². The van der Waals surface area contributed by atoms with Crippen molar-refractivity contribution in [2.75, 3.05) is 26.2 Å². The second kappa shape index (κ2) is 6.17. The molecule has 3 rings (SSSR count). The van der Waals surface area contributed by atoms with Crippen LogP contribution in [0, 0.1) is 17.5 Å². The van der Waals surface area contributed by atoms with E-state index in [-0.39, 0.29) is 5.56 Å². The lowest BCUT2D eigenvalue weighted by molar-refractivity contribution is 0.193. The first-order valence-corrected chi connectivity index (χ1v) is 7.68. The van der Waals surface area contributed by atoms with Crippen molar-refractivity contribution in [3.8, 4) is 0 Å². The topological polar surface area (TPSA) is 15.3 Å². The van der Waals surface area contributed by atoms with Crippen LogP contribution in [0.1, 0.15) is 16.5 Å². The standard InChI is InChI=1S/C15H15F3N2S/c16-10-3-4-11(17)14(18)13(10)15(12-2-1-9-21-12)20-7-5-19-6-8-20/h1-4,9,15,19H,5-8H2/t15-/m0/s1. The average molecular weight is 312 g/mol. The zero-order valence-electron chi connectivity index (χ0n) is 11.3. The van der Waals surface area contributed by atoms with Gasteiger partial charge in [0, 0.05) is 36.6 Å². The van der Waals surface area contributed by atoms with Crippen LogP contribution < -0.4 is 5.32 Å². The fourth-order valence-electron chi connectivity index (χ4n) is 2.69. The fraction of sp³-hybridized carbons (Fsp3) is 0.333. The third-order valence-corrected chi connectivity index (χ3v) is 4.61. The summed E-state index contributed by atoms with van der Waals surface area (Å²) in [5.41, 5.74) is -0.195. The van der Waals surface area contributed by atoms with Gasteiger partial charge in [0.2, 0.25) is 0 Å². The molecule has 0 aliphatic carbocycles. The number of hydrogen-bond acceptors (Lipinski definition) is 3. The molecule has 1 saturated heterocycles. The Morgan fingerprint density at radius 3 is 2.43 bits per heavy atom. The molecular formula is C15H15F3N2S. The van der Waals surface area contributed by atoms with Crippen molar-refractivity contribution in [1.29, 1.82) is 0 Å². The van der Waals surface area contributed by atoms with E-state index in [2.05, 4.69) is 5.32 Å². The summed E-state index contributed by atoms with van der Waals surface area (Å²) < 4.78 is 41.9. The number of piperazine rings is 1. The van der Waals surface area contributed by atoms with E-state index in [4.69, 9.17) is 0 Å². The number of rotatable bonds is 3. The summed E-state index contributed by atoms with van der Waals surface area (Å²) >= 11 is 1.42. The van der Waals surface area contributed by atoms with Crippen LogP contribution in [-0.2, 0) is 0 Å². The van der Waals surface area contributed by atoms with Crippen LogP contribution >= 0.6 is 11.3 Å². The first-order valence-electron chi connectivity index (χ1n) is 6.80. The minimum atomic E-state index is -1.09. The molecule has 1 aromatic carbocycles. The third-order valence-electron chi connectivity index (χ3n) is 3.68. The SMILES string of the molecule is Fc1ccc(F)c([C@H](c2cccs2)N2CCNCC2)c1F. The number of nitrogens with one attached hydrogen (secondary N) is 1. The zero-order valence-corrected chi connectivity index (χ0v) is 12.1. The van der Waals surface area contributed by atoms with Crippen molar-refractivity contribution >= 4 is 11.3 Å². The van der Waals surface area contributed by atoms with Gasteiger partial charge in [0.15, 0.2) is 11.6 Å². The van der Waals surface area contributed by atoms with Gasteiger partial charge in [-0.2, -0.15) is 0 Å². The van der Waals surface area contributed by atoms with E-state index in [1.54, 1.807) is 0 Å². The first-order chi connectivity index (χ1) is 10.2. The Kier molecular flexibility index (Phi) is 4.28. The molecule has 1 aromatic heterocycles. The van der Waals surface area contributed by atoms with Crippen LogP contribution in [0.5, 0.6) is 0 Å². The van der Waals surface area contributed by atoms with Crippen molar-refractivity contribution in [2.24, 2.45) is 0 Å². The summed E-state index contributed by atoms with van der Waals surface area (Å²) in [7, 11) is 0. The van der Waals surface area contributed by atoms with Crippen LogP contribution in [0.2, 0.25) is 0 Å². The number of halogens is 3. The predicted molar refractivity (Wildman–Crippen MR) is 76.9 cm³/mol. The molecule has 2 heterocycles. The maximum atomic E-state index is 14.2. The lowest BCUT2D eigenvalue weighted by atomic mass is 10.0. The highest BCUT2D eigenvalue weighted by Crippen LogP contribution is 2.35. The van der Waals surface area contributed by atoms with Crippen molar-refractivity contribution in [3.05, 3.63) is 57.5 Å². The lowest BCUT2D eigenvalue weighted by Crippen LogP contribution is -2.45. The molecule has 2 aromatic rings. The molecule has 0 spiro atoms. The van der Waals surface area contributed by atoms with E-state index < -0.39 is 23.5 Å². The Morgan fingerprint density at radius 2 is 1.76 bits per heavy atom. The Morgan fingerprint density at radius 1 is 1.05 bits per heavy atom. The van der Waals surface area contributed by atoms with Gasteiger partial charge in [-0.25, -0.2) is 13.2 Å². The molecular weight excluding hydrogens is 297 g/mol. The van der Waals surface area contributed by atoms with E-state index in [9.17, 15) is 13.2 Å². The molecule has 6 heteroatoms. The zero-order chi connectivity index (χ0) is 14.8. The van der Waals surface area contributed by atoms with Gasteiger partial charge in [-0.3, -0.25) is 4.90 Å². The second-order valence-electron chi connectivity index (χ2n) is 4.96. The average Bonchev–Trinajstić information content (AvgIpc) is 3.02. The third kappa shape index (κ3) is 2.84. The Bertz CT molecular complexity index is 610. The van der Waals surface area contributed by atoms with Crippen LogP contribution in [-0.4, -0.2) is 31.1 Å². The maximum absolute atomic E-state index is 14.2. The summed E-state index contributed by atoms with van der Waals surface area (Å²) in [6, 6.07) is 4.92. The molecule has 1 aliphatic heterocycles. The van der Waals surface area contributed by atoms with E-state index in [0.717, 1.165) is 30.1 Å². The van der Waals surface area contributed by atoms with Crippen molar-refractivity contribution in [3.63, 3.8) is 0 Å². The molecule has 1 aliphatic rings. The van der Waals surface area contributed by atoms with Gasteiger partial charge in [0.1, 0.15) is 5.82 Å². The molecule has 0 radical (unpaired) electrons. The smallest absolute Gasteiger partial charge is 0.166 e. The molecule has 0 bridgehead atoms. The van der Waals surface area contributed by atoms with Gasteiger partial charge in [-0.15, -0.1) is 11.3 Å². The van der Waals surface area contributed by atoms with Gasteiger partial charge in [-0.05, 0) is 23.6 Å². The van der Waals surface area contributed by atoms with Gasteiger partial charge in [0.25, 0.3) is 0 Å². The molecule has 0 amide bonds. The summed E-state index contributed by atoms with van der Waals surface area (Å²) in [5, 5.41) is 5.07. The number of thiophene rings is 1. The molecule has 0 unspecified atom stereocenters. The number of hydrogen-bond donors (Lipinski definition) is 1. The van der Waals surface area contributed by atoms with Crippen LogP contribution in [0.4, 0.5) is 13.2 Å². The number of benzene rings is 1. The highest BCUT2D eigenvalue weighted by Gasteiger charge is 2.30. The number of nitrogens with zero attached hydrogens (tertiary/aromatic N) is 1. The van der Waals surface area contributed by atoms with E-state index in [0.29, 0.717) is 13.1 Å². The largest absolute Gasteiger partial charge is 0.314 e. The monoisotopic (exact) mass is 312 g/mol. The maximum Gasteiger partial charge on any atom is 0.166 e. The summed E-state index contributed by atoms with van der Waals surface area (Å²) in [5.74, 6) is -2.80. The molecule has 1 atom stereocenters. The highest BCUT2D eigenvalue weighted by atomic mass is 32.1. The van der Waals surface area contributed by atoms with Crippen LogP contribution in [0.15, 0.2) is 29.6 Å². The second-order valence-corrected chi connectivity index (χ2v) is 5.94. The Hall–Kier alpha value is -1.37. The van der Waals surface area contributed by atoms with Crippen LogP contribution in [0.25, 0.3) is 0 Å².